The van der Waals surface area contributed by atoms with Gasteiger partial charge in [0.25, 0.3) is 5.56 Å². The summed E-state index contributed by atoms with van der Waals surface area (Å²) in [5.41, 5.74) is 1.12. The fraction of sp³-hybridized carbons (Fsp3) is 0.0952. The first-order chi connectivity index (χ1) is 14.9. The standard InChI is InChI=1S/C21H14ClF2N3O3S/c22-13-7-5-12(6-8-13)17-9-15-19(31-17)20(29)27(11-25-15)10-18(28)26-14-3-1-2-4-16(14)30-21(23)24/h1-9,11,21H,10H2,(H,26,28). The maximum Gasteiger partial charge on any atom is 0.387 e. The van der Waals surface area contributed by atoms with Crippen molar-refractivity contribution in [2.24, 2.45) is 0 Å². The number of benzene rings is 2. The zero-order valence-corrected chi connectivity index (χ0v) is 17.3. The number of halogens is 3. The van der Waals surface area contributed by atoms with Gasteiger partial charge in [-0.25, -0.2) is 4.98 Å². The molecule has 10 heteroatoms. The van der Waals surface area contributed by atoms with Crippen LogP contribution in [0.5, 0.6) is 5.75 Å². The molecule has 158 valence electrons. The van der Waals surface area contributed by atoms with Crippen molar-refractivity contribution in [1.82, 2.24) is 9.55 Å². The van der Waals surface area contributed by atoms with Crippen LogP contribution < -0.4 is 15.6 Å². The number of hydrogen-bond acceptors (Lipinski definition) is 5. The molecule has 4 rings (SSSR count). The van der Waals surface area contributed by atoms with Crippen LogP contribution in [0, 0.1) is 0 Å². The van der Waals surface area contributed by atoms with Gasteiger partial charge in [-0.3, -0.25) is 14.2 Å². The van der Waals surface area contributed by atoms with E-state index >= 15 is 0 Å². The fourth-order valence-electron chi connectivity index (χ4n) is 2.93. The largest absolute Gasteiger partial charge is 0.433 e. The van der Waals surface area contributed by atoms with Gasteiger partial charge in [-0.1, -0.05) is 35.9 Å². The summed E-state index contributed by atoms with van der Waals surface area (Å²) in [4.78, 5) is 30.4. The van der Waals surface area contributed by atoms with Crippen LogP contribution in [0.2, 0.25) is 5.02 Å². The molecule has 0 spiro atoms. The summed E-state index contributed by atoms with van der Waals surface area (Å²) in [5.74, 6) is -0.749. The number of alkyl halides is 2. The van der Waals surface area contributed by atoms with Crippen LogP contribution in [0.15, 0.2) is 65.7 Å². The highest BCUT2D eigenvalue weighted by Crippen LogP contribution is 2.31. The summed E-state index contributed by atoms with van der Waals surface area (Å²) in [6.45, 7) is -3.36. The number of thiophene rings is 1. The zero-order valence-electron chi connectivity index (χ0n) is 15.7. The molecule has 0 radical (unpaired) electrons. The lowest BCUT2D eigenvalue weighted by molar-refractivity contribution is -0.116. The first-order valence-electron chi connectivity index (χ1n) is 8.99. The van der Waals surface area contributed by atoms with E-state index in [0.29, 0.717) is 15.2 Å². The van der Waals surface area contributed by atoms with Crippen LogP contribution in [0.1, 0.15) is 0 Å². The third-order valence-electron chi connectivity index (χ3n) is 4.32. The summed E-state index contributed by atoms with van der Waals surface area (Å²) in [6.07, 6.45) is 1.28. The Bertz CT molecular complexity index is 1310. The number of nitrogens with one attached hydrogen (secondary N) is 1. The summed E-state index contributed by atoms with van der Waals surface area (Å²) in [6, 6.07) is 14.8. The monoisotopic (exact) mass is 461 g/mol. The van der Waals surface area contributed by atoms with Crippen molar-refractivity contribution < 1.29 is 18.3 Å². The van der Waals surface area contributed by atoms with Gasteiger partial charge in [0, 0.05) is 9.90 Å². The van der Waals surface area contributed by atoms with Crippen LogP contribution in [-0.2, 0) is 11.3 Å². The van der Waals surface area contributed by atoms with Crippen molar-refractivity contribution in [3.8, 4) is 16.2 Å². The van der Waals surface area contributed by atoms with Gasteiger partial charge in [-0.05, 0) is 35.9 Å². The Hall–Kier alpha value is -3.30. The van der Waals surface area contributed by atoms with E-state index in [0.717, 1.165) is 15.0 Å². The van der Waals surface area contributed by atoms with Gasteiger partial charge in [0.05, 0.1) is 17.5 Å². The molecule has 0 aliphatic rings. The Balaban J connectivity index is 1.56. The molecule has 0 bridgehead atoms. The van der Waals surface area contributed by atoms with Crippen molar-refractivity contribution in [3.05, 3.63) is 76.3 Å². The van der Waals surface area contributed by atoms with E-state index in [-0.39, 0.29) is 23.5 Å². The average molecular weight is 462 g/mol. The molecule has 0 aliphatic heterocycles. The van der Waals surface area contributed by atoms with Gasteiger partial charge in [-0.15, -0.1) is 11.3 Å². The van der Waals surface area contributed by atoms with Crippen molar-refractivity contribution >= 4 is 44.7 Å². The van der Waals surface area contributed by atoms with Crippen LogP contribution >= 0.6 is 22.9 Å². The number of hydrogen-bond donors (Lipinski definition) is 1. The minimum atomic E-state index is -3.03. The molecule has 6 nitrogen and oxygen atoms in total. The number of carbonyl (C=O) groups is 1. The Morgan fingerprint density at radius 3 is 2.68 bits per heavy atom. The van der Waals surface area contributed by atoms with Crippen molar-refractivity contribution in [2.45, 2.75) is 13.2 Å². The second-order valence-corrected chi connectivity index (χ2v) is 7.92. The number of ether oxygens (including phenoxy) is 1. The molecule has 0 saturated heterocycles. The third kappa shape index (κ3) is 4.73. The highest BCUT2D eigenvalue weighted by molar-refractivity contribution is 7.22. The fourth-order valence-corrected chi connectivity index (χ4v) is 4.12. The van der Waals surface area contributed by atoms with Gasteiger partial charge >= 0.3 is 6.61 Å². The molecule has 2 aromatic carbocycles. The molecule has 0 aliphatic carbocycles. The maximum atomic E-state index is 12.8. The van der Waals surface area contributed by atoms with E-state index < -0.39 is 12.5 Å². The summed E-state index contributed by atoms with van der Waals surface area (Å²) in [5, 5.41) is 3.09. The molecule has 4 aromatic rings. The molecule has 0 fully saturated rings. The van der Waals surface area contributed by atoms with E-state index in [2.05, 4.69) is 15.0 Å². The summed E-state index contributed by atoms with van der Waals surface area (Å²) >= 11 is 7.18. The SMILES string of the molecule is O=C(Cn1cnc2cc(-c3ccc(Cl)cc3)sc2c1=O)Nc1ccccc1OC(F)F. The van der Waals surface area contributed by atoms with Crippen LogP contribution in [0.25, 0.3) is 20.7 Å². The molecule has 0 atom stereocenters. The van der Waals surface area contributed by atoms with Crippen molar-refractivity contribution in [3.63, 3.8) is 0 Å². The Kier molecular flexibility index (Phi) is 5.97. The quantitative estimate of drug-likeness (QED) is 0.437. The lowest BCUT2D eigenvalue weighted by Crippen LogP contribution is -2.27. The number of anilines is 1. The highest BCUT2D eigenvalue weighted by Gasteiger charge is 2.15. The van der Waals surface area contributed by atoms with Gasteiger partial charge in [0.1, 0.15) is 17.0 Å². The molecular weight excluding hydrogens is 448 g/mol. The molecule has 1 N–H and O–H groups in total. The van der Waals surface area contributed by atoms with Crippen molar-refractivity contribution in [2.75, 3.05) is 5.32 Å². The Labute approximate surface area is 183 Å². The Morgan fingerprint density at radius 1 is 1.19 bits per heavy atom. The van der Waals surface area contributed by atoms with Gasteiger partial charge < -0.3 is 10.1 Å². The van der Waals surface area contributed by atoms with Crippen LogP contribution in [0.4, 0.5) is 14.5 Å². The van der Waals surface area contributed by atoms with Crippen LogP contribution in [-0.4, -0.2) is 22.1 Å². The number of aromatic nitrogens is 2. The average Bonchev–Trinajstić information content (AvgIpc) is 3.17. The molecular formula is C21H14ClF2N3O3S. The minimum absolute atomic E-state index is 0.0797. The second-order valence-electron chi connectivity index (χ2n) is 6.43. The molecule has 2 aromatic heterocycles. The lowest BCUT2D eigenvalue weighted by Gasteiger charge is -2.12. The number of amides is 1. The first kappa shape index (κ1) is 21.0. The number of para-hydroxylation sites is 2. The molecule has 0 saturated carbocycles. The number of nitrogens with zero attached hydrogens (tertiary/aromatic N) is 2. The zero-order chi connectivity index (χ0) is 22.0. The lowest BCUT2D eigenvalue weighted by atomic mass is 10.2. The van der Waals surface area contributed by atoms with E-state index in [1.165, 1.54) is 35.9 Å². The molecule has 0 unspecified atom stereocenters. The normalized spacial score (nSPS) is 11.1. The number of carbonyl (C=O) groups excluding carboxylic acids is 1. The van der Waals surface area contributed by atoms with E-state index in [1.807, 2.05) is 12.1 Å². The molecule has 2 heterocycles. The van der Waals surface area contributed by atoms with Gasteiger partial charge in [0.2, 0.25) is 5.91 Å². The maximum absolute atomic E-state index is 12.8. The van der Waals surface area contributed by atoms with Gasteiger partial charge in [-0.2, -0.15) is 8.78 Å². The summed E-state index contributed by atoms with van der Waals surface area (Å²) in [7, 11) is 0. The topological polar surface area (TPSA) is 73.2 Å². The van der Waals surface area contributed by atoms with Crippen LogP contribution in [0.3, 0.4) is 0 Å². The molecule has 1 amide bonds. The predicted octanol–water partition coefficient (Wildman–Crippen LogP) is 5.02. The minimum Gasteiger partial charge on any atom is -0.433 e. The summed E-state index contributed by atoms with van der Waals surface area (Å²) < 4.78 is 31.0. The van der Waals surface area contributed by atoms with Crippen molar-refractivity contribution in [1.29, 1.82) is 0 Å². The van der Waals surface area contributed by atoms with Gasteiger partial charge in [0.15, 0.2) is 0 Å². The predicted molar refractivity (Wildman–Crippen MR) is 116 cm³/mol. The second kappa shape index (κ2) is 8.83. The Morgan fingerprint density at radius 2 is 1.94 bits per heavy atom. The van der Waals surface area contributed by atoms with E-state index in [9.17, 15) is 18.4 Å². The number of fused-ring (bicyclic) bond motifs is 1. The highest BCUT2D eigenvalue weighted by atomic mass is 35.5. The van der Waals surface area contributed by atoms with E-state index in [1.54, 1.807) is 24.3 Å². The first-order valence-corrected chi connectivity index (χ1v) is 10.2. The third-order valence-corrected chi connectivity index (χ3v) is 5.74. The number of rotatable bonds is 6. The molecule has 31 heavy (non-hydrogen) atoms. The smallest absolute Gasteiger partial charge is 0.387 e. The van der Waals surface area contributed by atoms with E-state index in [4.69, 9.17) is 11.6 Å².